The molecule has 8 heteroatoms. The highest BCUT2D eigenvalue weighted by Gasteiger charge is 2.56. The fourth-order valence-corrected chi connectivity index (χ4v) is 7.65. The Labute approximate surface area is 254 Å². The van der Waals surface area contributed by atoms with Crippen molar-refractivity contribution in [2.24, 2.45) is 28.2 Å². The molecular formula is C35H45FN6O. The summed E-state index contributed by atoms with van der Waals surface area (Å²) in [6.45, 7) is 18.6. The van der Waals surface area contributed by atoms with Gasteiger partial charge < -0.3 is 15.5 Å². The number of piperazine rings is 1. The van der Waals surface area contributed by atoms with Gasteiger partial charge in [-0.25, -0.2) is 14.4 Å². The van der Waals surface area contributed by atoms with Crippen molar-refractivity contribution in [3.05, 3.63) is 76.6 Å². The summed E-state index contributed by atoms with van der Waals surface area (Å²) in [5.74, 6) is 3.28. The Morgan fingerprint density at radius 3 is 2.63 bits per heavy atom. The Hall–Kier alpha value is -3.52. The standard InChI is InChI=1S/C35H45FN6O/c1-21(2)32-39-31-19-27(11-12-28(31)33(43)42(32)15-13-24-7-9-26(36)10-8-24)38-34(41-16-14-37-22(3)20-41)40-30-18-25-17-29(23(30)4)35(25,5)6/h7-12,19,22-23,25,29-30,37H,1,13-18,20H2,2-6H3,(H,38,40)/t22-,23+,25-,29-,30-/m0/s1. The van der Waals surface area contributed by atoms with E-state index in [1.54, 1.807) is 16.7 Å². The molecule has 7 nitrogen and oxygen atoms in total. The van der Waals surface area contributed by atoms with Crippen LogP contribution in [0.4, 0.5) is 10.1 Å². The number of fused-ring (bicyclic) bond motifs is 3. The number of rotatable bonds is 6. The molecule has 2 bridgehead atoms. The fraction of sp³-hybridized carbons (Fsp3) is 0.514. The molecule has 3 saturated carbocycles. The molecule has 4 fully saturated rings. The van der Waals surface area contributed by atoms with Crippen molar-refractivity contribution in [3.63, 3.8) is 0 Å². The van der Waals surface area contributed by atoms with Crippen molar-refractivity contribution in [1.29, 1.82) is 0 Å². The van der Waals surface area contributed by atoms with Gasteiger partial charge in [-0.3, -0.25) is 9.36 Å². The number of halogens is 1. The van der Waals surface area contributed by atoms with E-state index in [2.05, 4.69) is 49.8 Å². The third-order valence-electron chi connectivity index (χ3n) is 10.4. The van der Waals surface area contributed by atoms with Gasteiger partial charge in [0.1, 0.15) is 11.6 Å². The van der Waals surface area contributed by atoms with E-state index in [0.29, 0.717) is 53.1 Å². The summed E-state index contributed by atoms with van der Waals surface area (Å²) in [7, 11) is 0. The van der Waals surface area contributed by atoms with Gasteiger partial charge in [0.2, 0.25) is 0 Å². The zero-order valence-corrected chi connectivity index (χ0v) is 26.2. The maximum Gasteiger partial charge on any atom is 0.261 e. The second-order valence-corrected chi connectivity index (χ2v) is 13.7. The van der Waals surface area contributed by atoms with E-state index in [9.17, 15) is 9.18 Å². The van der Waals surface area contributed by atoms with E-state index in [1.165, 1.54) is 25.0 Å². The SMILES string of the molecule is C=C(C)c1nc2cc(N=C(N[C@H]3C[C@@H]4C[C@@H]([C@H]3C)C4(C)C)N3CCN[C@@H](C)C3)ccc2c(=O)n1CCc1ccc(F)cc1. The molecule has 1 saturated heterocycles. The number of nitrogens with zero attached hydrogens (tertiary/aromatic N) is 4. The molecule has 3 aromatic rings. The molecule has 1 aliphatic heterocycles. The van der Waals surface area contributed by atoms with Gasteiger partial charge in [0.25, 0.3) is 5.56 Å². The van der Waals surface area contributed by atoms with Crippen LogP contribution < -0.4 is 16.2 Å². The van der Waals surface area contributed by atoms with Gasteiger partial charge in [0.15, 0.2) is 5.96 Å². The summed E-state index contributed by atoms with van der Waals surface area (Å²) in [6.07, 6.45) is 3.10. The smallest absolute Gasteiger partial charge is 0.261 e. The van der Waals surface area contributed by atoms with Crippen molar-refractivity contribution >= 4 is 28.1 Å². The summed E-state index contributed by atoms with van der Waals surface area (Å²) < 4.78 is 15.1. The van der Waals surface area contributed by atoms with Crippen LogP contribution in [0.1, 0.15) is 58.8 Å². The van der Waals surface area contributed by atoms with Crippen molar-refractivity contribution in [3.8, 4) is 0 Å². The average molecular weight is 585 g/mol. The number of hydrogen-bond acceptors (Lipinski definition) is 4. The number of allylic oxidation sites excluding steroid dienone is 1. The zero-order valence-electron chi connectivity index (χ0n) is 26.2. The summed E-state index contributed by atoms with van der Waals surface area (Å²) in [5, 5.41) is 8.00. The van der Waals surface area contributed by atoms with Gasteiger partial charge in [-0.1, -0.05) is 39.5 Å². The molecule has 4 aliphatic rings. The van der Waals surface area contributed by atoms with Crippen LogP contribution in [0.3, 0.4) is 0 Å². The Balaban J connectivity index is 1.32. The third-order valence-corrected chi connectivity index (χ3v) is 10.4. The number of hydrogen-bond donors (Lipinski definition) is 2. The van der Waals surface area contributed by atoms with Crippen LogP contribution in [0.2, 0.25) is 0 Å². The Morgan fingerprint density at radius 2 is 1.95 bits per heavy atom. The quantitative estimate of drug-likeness (QED) is 0.285. The lowest BCUT2D eigenvalue weighted by Gasteiger charge is -2.62. The predicted molar refractivity (Wildman–Crippen MR) is 173 cm³/mol. The molecule has 0 unspecified atom stereocenters. The van der Waals surface area contributed by atoms with Gasteiger partial charge in [0.05, 0.1) is 16.6 Å². The van der Waals surface area contributed by atoms with E-state index in [4.69, 9.17) is 9.98 Å². The maximum atomic E-state index is 13.7. The lowest BCUT2D eigenvalue weighted by molar-refractivity contribution is -0.112. The van der Waals surface area contributed by atoms with Crippen LogP contribution >= 0.6 is 0 Å². The van der Waals surface area contributed by atoms with E-state index in [1.807, 2.05) is 25.1 Å². The van der Waals surface area contributed by atoms with Crippen LogP contribution in [-0.2, 0) is 13.0 Å². The summed E-state index contributed by atoms with van der Waals surface area (Å²) in [5.41, 5.74) is 3.39. The van der Waals surface area contributed by atoms with Gasteiger partial charge >= 0.3 is 0 Å². The largest absolute Gasteiger partial charge is 0.353 e. The molecule has 2 N–H and O–H groups in total. The lowest BCUT2D eigenvalue weighted by Crippen LogP contribution is -2.63. The molecule has 2 heterocycles. The number of guanidine groups is 1. The molecule has 5 atom stereocenters. The third kappa shape index (κ3) is 5.74. The van der Waals surface area contributed by atoms with Crippen molar-refractivity contribution in [2.45, 2.75) is 72.5 Å². The first-order valence-electron chi connectivity index (χ1n) is 15.8. The zero-order chi connectivity index (χ0) is 30.5. The highest BCUT2D eigenvalue weighted by molar-refractivity contribution is 5.87. The maximum absolute atomic E-state index is 13.7. The van der Waals surface area contributed by atoms with E-state index < -0.39 is 0 Å². The highest BCUT2D eigenvalue weighted by Crippen LogP contribution is 2.61. The van der Waals surface area contributed by atoms with Crippen LogP contribution in [0.5, 0.6) is 0 Å². The van der Waals surface area contributed by atoms with Gasteiger partial charge in [-0.05, 0) is 97.7 Å². The Morgan fingerprint density at radius 1 is 1.19 bits per heavy atom. The molecule has 2 aromatic carbocycles. The predicted octanol–water partition coefficient (Wildman–Crippen LogP) is 5.75. The van der Waals surface area contributed by atoms with E-state index >= 15 is 0 Å². The molecule has 0 radical (unpaired) electrons. The van der Waals surface area contributed by atoms with Crippen LogP contribution in [0.15, 0.2) is 58.8 Å². The molecule has 7 rings (SSSR count). The van der Waals surface area contributed by atoms with Gasteiger partial charge in [-0.2, -0.15) is 0 Å². The van der Waals surface area contributed by atoms with Crippen LogP contribution in [0, 0.1) is 29.0 Å². The first-order chi connectivity index (χ1) is 20.5. The lowest BCUT2D eigenvalue weighted by atomic mass is 9.45. The molecule has 43 heavy (non-hydrogen) atoms. The van der Waals surface area contributed by atoms with E-state index in [-0.39, 0.29) is 11.4 Å². The minimum atomic E-state index is -0.270. The first kappa shape index (κ1) is 29.5. The minimum Gasteiger partial charge on any atom is -0.353 e. The monoisotopic (exact) mass is 584 g/mol. The number of aryl methyl sites for hydroxylation is 1. The Kier molecular flexibility index (Phi) is 7.92. The van der Waals surface area contributed by atoms with Crippen molar-refractivity contribution in [2.75, 3.05) is 19.6 Å². The molecule has 3 aliphatic carbocycles. The highest BCUT2D eigenvalue weighted by atomic mass is 19.1. The van der Waals surface area contributed by atoms with E-state index in [0.717, 1.165) is 54.3 Å². The Bertz CT molecular complexity index is 1610. The summed E-state index contributed by atoms with van der Waals surface area (Å²) in [4.78, 5) is 26.1. The van der Waals surface area contributed by atoms with Crippen molar-refractivity contribution in [1.82, 2.24) is 25.1 Å². The molecule has 228 valence electrons. The minimum absolute atomic E-state index is 0.104. The normalized spacial score (nSPS) is 26.7. The molecule has 0 amide bonds. The van der Waals surface area contributed by atoms with Crippen molar-refractivity contribution < 1.29 is 4.39 Å². The van der Waals surface area contributed by atoms with Gasteiger partial charge in [-0.15, -0.1) is 0 Å². The fourth-order valence-electron chi connectivity index (χ4n) is 7.65. The number of benzene rings is 2. The summed E-state index contributed by atoms with van der Waals surface area (Å²) in [6, 6.07) is 12.9. The topological polar surface area (TPSA) is 74.6 Å². The number of nitrogens with one attached hydrogen (secondary N) is 2. The second kappa shape index (κ2) is 11.5. The van der Waals surface area contributed by atoms with Crippen LogP contribution in [0.25, 0.3) is 16.5 Å². The molecule has 0 spiro atoms. The van der Waals surface area contributed by atoms with Crippen LogP contribution in [-0.4, -0.2) is 52.1 Å². The molecular weight excluding hydrogens is 539 g/mol. The average Bonchev–Trinajstić information content (AvgIpc) is 2.97. The second-order valence-electron chi connectivity index (χ2n) is 13.7. The summed E-state index contributed by atoms with van der Waals surface area (Å²) >= 11 is 0. The first-order valence-corrected chi connectivity index (χ1v) is 15.8. The molecule has 1 aromatic heterocycles. The number of aromatic nitrogens is 2. The van der Waals surface area contributed by atoms with Gasteiger partial charge in [0, 0.05) is 38.3 Å². The number of aliphatic imine (C=N–C) groups is 1.